The van der Waals surface area contributed by atoms with E-state index < -0.39 is 10.0 Å². The summed E-state index contributed by atoms with van der Waals surface area (Å²) in [5, 5.41) is 3.16. The molecule has 0 bridgehead atoms. The number of hydrogen-bond acceptors (Lipinski definition) is 4. The summed E-state index contributed by atoms with van der Waals surface area (Å²) in [6, 6.07) is 7.69. The molecule has 1 unspecified atom stereocenters. The van der Waals surface area contributed by atoms with Gasteiger partial charge in [0.05, 0.1) is 4.90 Å². The number of nitrogens with zero attached hydrogens (tertiary/aromatic N) is 1. The molecule has 0 spiro atoms. The zero-order valence-electron chi connectivity index (χ0n) is 12.4. The van der Waals surface area contributed by atoms with Crippen molar-refractivity contribution in [2.24, 2.45) is 0 Å². The molecule has 1 saturated heterocycles. The van der Waals surface area contributed by atoms with Crippen molar-refractivity contribution in [2.75, 3.05) is 25.0 Å². The number of likely N-dealkylation sites (tertiary alicyclic amines) is 1. The second-order valence-corrected chi connectivity index (χ2v) is 7.60. The van der Waals surface area contributed by atoms with Crippen molar-refractivity contribution in [1.82, 2.24) is 9.62 Å². The molecule has 0 amide bonds. The van der Waals surface area contributed by atoms with E-state index in [0.29, 0.717) is 10.9 Å². The molecule has 1 aromatic rings. The third kappa shape index (κ3) is 3.56. The molecule has 3 rings (SSSR count). The fourth-order valence-electron chi connectivity index (χ4n) is 2.90. The van der Waals surface area contributed by atoms with Gasteiger partial charge in [-0.2, -0.15) is 0 Å². The molecular weight excluding hydrogens is 286 g/mol. The summed E-state index contributed by atoms with van der Waals surface area (Å²) < 4.78 is 27.6. The zero-order valence-corrected chi connectivity index (χ0v) is 13.2. The minimum absolute atomic E-state index is 0.0454. The first-order chi connectivity index (χ1) is 10.1. The van der Waals surface area contributed by atoms with Gasteiger partial charge in [0, 0.05) is 37.4 Å². The largest absolute Gasteiger partial charge is 0.385 e. The molecule has 116 valence electrons. The Labute approximate surface area is 126 Å². The normalized spacial score (nSPS) is 23.4. The average Bonchev–Trinajstić information content (AvgIpc) is 3.21. The third-order valence-corrected chi connectivity index (χ3v) is 5.69. The number of nitrogens with one attached hydrogen (secondary N) is 2. The van der Waals surface area contributed by atoms with Crippen LogP contribution in [0.5, 0.6) is 0 Å². The highest BCUT2D eigenvalue weighted by molar-refractivity contribution is 7.89. The maximum Gasteiger partial charge on any atom is 0.240 e. The first-order valence-electron chi connectivity index (χ1n) is 7.69. The van der Waals surface area contributed by atoms with Gasteiger partial charge in [0.15, 0.2) is 0 Å². The lowest BCUT2D eigenvalue weighted by atomic mass is 10.3. The summed E-state index contributed by atoms with van der Waals surface area (Å²) in [5.41, 5.74) is 0.942. The van der Waals surface area contributed by atoms with Gasteiger partial charge in [0.25, 0.3) is 0 Å². The van der Waals surface area contributed by atoms with Crippen molar-refractivity contribution < 1.29 is 8.42 Å². The van der Waals surface area contributed by atoms with Crippen LogP contribution >= 0.6 is 0 Å². The minimum atomic E-state index is -3.41. The monoisotopic (exact) mass is 309 g/mol. The first kappa shape index (κ1) is 14.8. The number of hydrogen-bond donors (Lipinski definition) is 2. The maximum atomic E-state index is 12.4. The Bertz CT molecular complexity index is 581. The molecule has 1 aliphatic carbocycles. The Kier molecular flexibility index (Phi) is 4.19. The molecule has 2 aliphatic rings. The second-order valence-electron chi connectivity index (χ2n) is 5.89. The van der Waals surface area contributed by atoms with Gasteiger partial charge in [-0.15, -0.1) is 0 Å². The molecular formula is C15H23N3O2S. The van der Waals surface area contributed by atoms with Gasteiger partial charge >= 0.3 is 0 Å². The number of sulfonamides is 1. The Morgan fingerprint density at radius 3 is 2.52 bits per heavy atom. The van der Waals surface area contributed by atoms with Gasteiger partial charge in [0.2, 0.25) is 10.0 Å². The lowest BCUT2D eigenvalue weighted by Crippen LogP contribution is -2.37. The predicted octanol–water partition coefficient (Wildman–Crippen LogP) is 1.63. The Hall–Kier alpha value is -1.11. The topological polar surface area (TPSA) is 61.4 Å². The van der Waals surface area contributed by atoms with Crippen LogP contribution in [0.3, 0.4) is 0 Å². The lowest BCUT2D eigenvalue weighted by Gasteiger charge is -2.16. The SMILES string of the molecule is CCNc1ccc(S(=O)(=O)NC2CCN(C3CC3)C2)cc1. The Morgan fingerprint density at radius 2 is 1.90 bits per heavy atom. The lowest BCUT2D eigenvalue weighted by molar-refractivity contribution is 0.322. The maximum absolute atomic E-state index is 12.4. The quantitative estimate of drug-likeness (QED) is 0.838. The molecule has 6 heteroatoms. The van der Waals surface area contributed by atoms with E-state index in [0.717, 1.165) is 31.7 Å². The minimum Gasteiger partial charge on any atom is -0.385 e. The van der Waals surface area contributed by atoms with Crippen LogP contribution in [0.4, 0.5) is 5.69 Å². The van der Waals surface area contributed by atoms with Crippen molar-refractivity contribution in [3.63, 3.8) is 0 Å². The van der Waals surface area contributed by atoms with E-state index in [4.69, 9.17) is 0 Å². The van der Waals surface area contributed by atoms with Gasteiger partial charge < -0.3 is 5.32 Å². The van der Waals surface area contributed by atoms with Crippen LogP contribution in [0.15, 0.2) is 29.2 Å². The average molecular weight is 309 g/mol. The van der Waals surface area contributed by atoms with E-state index in [2.05, 4.69) is 14.9 Å². The van der Waals surface area contributed by atoms with Gasteiger partial charge in [0.1, 0.15) is 0 Å². The molecule has 1 heterocycles. The van der Waals surface area contributed by atoms with Crippen LogP contribution in [0.2, 0.25) is 0 Å². The summed E-state index contributed by atoms with van der Waals surface area (Å²) >= 11 is 0. The van der Waals surface area contributed by atoms with E-state index >= 15 is 0 Å². The summed E-state index contributed by atoms with van der Waals surface area (Å²) in [6.45, 7) is 4.69. The van der Waals surface area contributed by atoms with E-state index in [-0.39, 0.29) is 6.04 Å². The Morgan fingerprint density at radius 1 is 1.19 bits per heavy atom. The molecule has 5 nitrogen and oxygen atoms in total. The van der Waals surface area contributed by atoms with Gasteiger partial charge in [-0.1, -0.05) is 0 Å². The molecule has 21 heavy (non-hydrogen) atoms. The van der Waals surface area contributed by atoms with Crippen LogP contribution in [-0.2, 0) is 10.0 Å². The van der Waals surface area contributed by atoms with E-state index in [1.807, 2.05) is 19.1 Å². The van der Waals surface area contributed by atoms with Crippen molar-refractivity contribution in [2.45, 2.75) is 43.2 Å². The summed E-state index contributed by atoms with van der Waals surface area (Å²) in [5.74, 6) is 0. The highest BCUT2D eigenvalue weighted by atomic mass is 32.2. The van der Waals surface area contributed by atoms with Crippen LogP contribution in [0.1, 0.15) is 26.2 Å². The highest BCUT2D eigenvalue weighted by Gasteiger charge is 2.35. The van der Waals surface area contributed by atoms with Crippen LogP contribution in [-0.4, -0.2) is 45.0 Å². The molecule has 2 N–H and O–H groups in total. The fourth-order valence-corrected chi connectivity index (χ4v) is 4.16. The van der Waals surface area contributed by atoms with Gasteiger partial charge in [-0.05, 0) is 50.5 Å². The van der Waals surface area contributed by atoms with Crippen LogP contribution in [0, 0.1) is 0 Å². The fraction of sp³-hybridized carbons (Fsp3) is 0.600. The standard InChI is InChI=1S/C15H23N3O2S/c1-2-16-12-3-7-15(8-4-12)21(19,20)17-13-9-10-18(11-13)14-5-6-14/h3-4,7-8,13-14,16-17H,2,5-6,9-11H2,1H3. The Balaban J connectivity index is 1.63. The summed E-state index contributed by atoms with van der Waals surface area (Å²) in [4.78, 5) is 2.75. The zero-order chi connectivity index (χ0) is 14.9. The molecule has 2 fully saturated rings. The molecule has 1 saturated carbocycles. The predicted molar refractivity (Wildman–Crippen MR) is 83.9 cm³/mol. The number of anilines is 1. The third-order valence-electron chi connectivity index (χ3n) is 4.15. The van der Waals surface area contributed by atoms with Gasteiger partial charge in [-0.3, -0.25) is 4.90 Å². The summed E-state index contributed by atoms with van der Waals surface area (Å²) in [6.07, 6.45) is 3.45. The van der Waals surface area contributed by atoms with Crippen molar-refractivity contribution >= 4 is 15.7 Å². The molecule has 1 aromatic carbocycles. The van der Waals surface area contributed by atoms with E-state index in [9.17, 15) is 8.42 Å². The van der Waals surface area contributed by atoms with E-state index in [1.165, 1.54) is 12.8 Å². The van der Waals surface area contributed by atoms with Gasteiger partial charge in [-0.25, -0.2) is 13.1 Å². The van der Waals surface area contributed by atoms with E-state index in [1.54, 1.807) is 12.1 Å². The molecule has 1 atom stereocenters. The van der Waals surface area contributed by atoms with Crippen LogP contribution < -0.4 is 10.0 Å². The number of benzene rings is 1. The number of rotatable bonds is 6. The van der Waals surface area contributed by atoms with Crippen LogP contribution in [0.25, 0.3) is 0 Å². The first-order valence-corrected chi connectivity index (χ1v) is 9.17. The van der Waals surface area contributed by atoms with Crippen molar-refractivity contribution in [3.05, 3.63) is 24.3 Å². The highest BCUT2D eigenvalue weighted by Crippen LogP contribution is 2.30. The summed E-state index contributed by atoms with van der Waals surface area (Å²) in [7, 11) is -3.41. The molecule has 1 aliphatic heterocycles. The van der Waals surface area contributed by atoms with Crippen molar-refractivity contribution in [1.29, 1.82) is 0 Å². The van der Waals surface area contributed by atoms with Crippen molar-refractivity contribution in [3.8, 4) is 0 Å². The molecule has 0 aromatic heterocycles. The smallest absolute Gasteiger partial charge is 0.240 e. The second kappa shape index (κ2) is 5.94. The molecule has 0 radical (unpaired) electrons.